The summed E-state index contributed by atoms with van der Waals surface area (Å²) in [6.45, 7) is 0. The molecule has 1 aliphatic rings. The minimum atomic E-state index is -1.05. The zero-order valence-corrected chi connectivity index (χ0v) is 10.4. The molecule has 1 saturated carbocycles. The van der Waals surface area contributed by atoms with Crippen LogP contribution in [0.2, 0.25) is 0 Å². The second-order valence-corrected chi connectivity index (χ2v) is 4.71. The molecule has 0 radical (unpaired) electrons. The molecule has 0 bridgehead atoms. The number of amides is 2. The van der Waals surface area contributed by atoms with Gasteiger partial charge in [0.25, 0.3) is 0 Å². The van der Waals surface area contributed by atoms with Crippen molar-refractivity contribution < 1.29 is 14.7 Å². The van der Waals surface area contributed by atoms with Gasteiger partial charge in [0.15, 0.2) is 0 Å². The summed E-state index contributed by atoms with van der Waals surface area (Å²) in [7, 11) is 3.32. The van der Waals surface area contributed by atoms with Gasteiger partial charge in [-0.05, 0) is 19.3 Å². The van der Waals surface area contributed by atoms with E-state index in [2.05, 4.69) is 15.3 Å². The summed E-state index contributed by atoms with van der Waals surface area (Å²) in [5, 5.41) is 11.8. The number of nitrogens with one attached hydrogen (secondary N) is 2. The van der Waals surface area contributed by atoms with Gasteiger partial charge >= 0.3 is 12.0 Å². The summed E-state index contributed by atoms with van der Waals surface area (Å²) in [6, 6.07) is -0.206. The van der Waals surface area contributed by atoms with Gasteiger partial charge in [-0.1, -0.05) is 0 Å². The quantitative estimate of drug-likeness (QED) is 0.739. The number of hydrogen-bond acceptors (Lipinski definition) is 3. The summed E-state index contributed by atoms with van der Waals surface area (Å²) < 4.78 is 0. The van der Waals surface area contributed by atoms with Gasteiger partial charge in [-0.25, -0.2) is 14.6 Å². The summed E-state index contributed by atoms with van der Waals surface area (Å²) in [4.78, 5) is 30.8. The lowest BCUT2D eigenvalue weighted by Gasteiger charge is -2.41. The highest BCUT2D eigenvalue weighted by Crippen LogP contribution is 2.39. The summed E-state index contributed by atoms with van der Waals surface area (Å²) in [5.74, 6) is -0.538. The number of carboxylic acid groups (broad SMARTS) is 1. The fourth-order valence-corrected chi connectivity index (χ4v) is 1.94. The van der Waals surface area contributed by atoms with Crippen molar-refractivity contribution in [2.24, 2.45) is 0 Å². The Bertz CT molecular complexity index is 476. The molecular formula is C11H16N4O3. The first-order chi connectivity index (χ1) is 8.44. The molecule has 1 heterocycles. The van der Waals surface area contributed by atoms with Crippen LogP contribution < -0.4 is 5.32 Å². The summed E-state index contributed by atoms with van der Waals surface area (Å²) >= 11 is 0. The number of imidazole rings is 1. The Kier molecular flexibility index (Phi) is 2.98. The van der Waals surface area contributed by atoms with Crippen molar-refractivity contribution in [2.75, 3.05) is 14.1 Å². The van der Waals surface area contributed by atoms with E-state index < -0.39 is 11.5 Å². The lowest BCUT2D eigenvalue weighted by Crippen LogP contribution is -2.54. The first kappa shape index (κ1) is 12.4. The zero-order valence-electron chi connectivity index (χ0n) is 10.4. The average molecular weight is 252 g/mol. The van der Waals surface area contributed by atoms with Gasteiger partial charge in [0.1, 0.15) is 11.5 Å². The molecule has 0 aliphatic heterocycles. The molecule has 2 amide bonds. The Balaban J connectivity index is 2.21. The van der Waals surface area contributed by atoms with Crippen molar-refractivity contribution >= 4 is 12.0 Å². The van der Waals surface area contributed by atoms with E-state index in [-0.39, 0.29) is 11.7 Å². The van der Waals surface area contributed by atoms with E-state index in [1.165, 1.54) is 11.1 Å². The van der Waals surface area contributed by atoms with Crippen LogP contribution in [0.25, 0.3) is 0 Å². The molecule has 18 heavy (non-hydrogen) atoms. The molecule has 0 atom stereocenters. The van der Waals surface area contributed by atoms with Gasteiger partial charge in [-0.3, -0.25) is 0 Å². The Morgan fingerprint density at radius 1 is 1.50 bits per heavy atom. The van der Waals surface area contributed by atoms with Crippen molar-refractivity contribution in [3.05, 3.63) is 17.7 Å². The zero-order chi connectivity index (χ0) is 13.3. The highest BCUT2D eigenvalue weighted by Gasteiger charge is 2.43. The Morgan fingerprint density at radius 2 is 2.17 bits per heavy atom. The largest absolute Gasteiger partial charge is 0.477 e. The van der Waals surface area contributed by atoms with Crippen molar-refractivity contribution in [1.82, 2.24) is 20.2 Å². The lowest BCUT2D eigenvalue weighted by atomic mass is 9.76. The molecule has 7 heteroatoms. The van der Waals surface area contributed by atoms with Crippen LogP contribution in [-0.4, -0.2) is 46.1 Å². The number of urea groups is 1. The molecule has 1 fully saturated rings. The van der Waals surface area contributed by atoms with Crippen LogP contribution in [0.5, 0.6) is 0 Å². The number of H-pyrrole nitrogens is 1. The second-order valence-electron chi connectivity index (χ2n) is 4.71. The average Bonchev–Trinajstić information content (AvgIpc) is 2.72. The van der Waals surface area contributed by atoms with Gasteiger partial charge in [0.05, 0.1) is 11.7 Å². The number of carboxylic acids is 1. The first-order valence-corrected chi connectivity index (χ1v) is 5.73. The molecule has 7 nitrogen and oxygen atoms in total. The van der Waals surface area contributed by atoms with Gasteiger partial charge in [0.2, 0.25) is 0 Å². The molecule has 1 aromatic rings. The Morgan fingerprint density at radius 3 is 2.56 bits per heavy atom. The lowest BCUT2D eigenvalue weighted by molar-refractivity contribution is 0.0690. The van der Waals surface area contributed by atoms with Gasteiger partial charge < -0.3 is 20.3 Å². The first-order valence-electron chi connectivity index (χ1n) is 5.73. The highest BCUT2D eigenvalue weighted by atomic mass is 16.4. The fourth-order valence-electron chi connectivity index (χ4n) is 1.94. The third-order valence-electron chi connectivity index (χ3n) is 3.22. The Hall–Kier alpha value is -2.05. The van der Waals surface area contributed by atoms with Gasteiger partial charge in [0, 0.05) is 14.1 Å². The van der Waals surface area contributed by atoms with Crippen LogP contribution in [-0.2, 0) is 5.54 Å². The second kappa shape index (κ2) is 4.32. The molecule has 0 spiro atoms. The molecule has 1 aromatic heterocycles. The van der Waals surface area contributed by atoms with E-state index in [9.17, 15) is 9.59 Å². The van der Waals surface area contributed by atoms with Crippen molar-refractivity contribution in [2.45, 2.75) is 24.8 Å². The van der Waals surface area contributed by atoms with Gasteiger partial charge in [-0.15, -0.1) is 0 Å². The number of aromatic amines is 1. The maximum atomic E-state index is 11.7. The smallest absolute Gasteiger partial charge is 0.353 e. The van der Waals surface area contributed by atoms with Crippen LogP contribution in [0.15, 0.2) is 6.20 Å². The third-order valence-corrected chi connectivity index (χ3v) is 3.22. The predicted molar refractivity (Wildman–Crippen MR) is 63.3 cm³/mol. The van der Waals surface area contributed by atoms with Crippen molar-refractivity contribution in [1.29, 1.82) is 0 Å². The number of hydrogen-bond donors (Lipinski definition) is 3. The van der Waals surface area contributed by atoms with E-state index in [0.29, 0.717) is 5.82 Å². The van der Waals surface area contributed by atoms with E-state index >= 15 is 0 Å². The molecule has 2 rings (SSSR count). The number of carbonyl (C=O) groups is 2. The number of aromatic nitrogens is 2. The molecule has 3 N–H and O–H groups in total. The molecule has 1 aliphatic carbocycles. The maximum absolute atomic E-state index is 11.7. The van der Waals surface area contributed by atoms with Crippen LogP contribution in [0.4, 0.5) is 4.79 Å². The monoisotopic (exact) mass is 252 g/mol. The maximum Gasteiger partial charge on any atom is 0.353 e. The number of rotatable bonds is 3. The van der Waals surface area contributed by atoms with Crippen LogP contribution >= 0.6 is 0 Å². The van der Waals surface area contributed by atoms with Crippen LogP contribution in [0.1, 0.15) is 35.6 Å². The molecule has 0 unspecified atom stereocenters. The minimum Gasteiger partial charge on any atom is -0.477 e. The van der Waals surface area contributed by atoms with E-state index in [4.69, 9.17) is 5.11 Å². The molecular weight excluding hydrogens is 236 g/mol. The van der Waals surface area contributed by atoms with Gasteiger partial charge in [-0.2, -0.15) is 0 Å². The topological polar surface area (TPSA) is 98.3 Å². The SMILES string of the molecule is CN(C)C(=O)NC1(c2ncc(C(=O)O)[nH]2)CCC1. The molecule has 0 saturated heterocycles. The standard InChI is InChI=1S/C11H16N4O3/c1-15(2)10(18)14-11(4-3-5-11)9-12-6-7(13-9)8(16)17/h6H,3-5H2,1-2H3,(H,12,13)(H,14,18)(H,16,17). The van der Waals surface area contributed by atoms with E-state index in [1.807, 2.05) is 0 Å². The normalized spacial score (nSPS) is 16.8. The summed E-state index contributed by atoms with van der Waals surface area (Å²) in [6.07, 6.45) is 3.79. The van der Waals surface area contributed by atoms with Crippen LogP contribution in [0, 0.1) is 0 Å². The minimum absolute atomic E-state index is 0.0374. The third kappa shape index (κ3) is 2.03. The molecule has 0 aromatic carbocycles. The number of aromatic carboxylic acids is 1. The van der Waals surface area contributed by atoms with E-state index in [0.717, 1.165) is 19.3 Å². The van der Waals surface area contributed by atoms with Crippen molar-refractivity contribution in [3.8, 4) is 0 Å². The van der Waals surface area contributed by atoms with Crippen molar-refractivity contribution in [3.63, 3.8) is 0 Å². The predicted octanol–water partition coefficient (Wildman–Crippen LogP) is 0.758. The number of carbonyl (C=O) groups excluding carboxylic acids is 1. The number of nitrogens with zero attached hydrogens (tertiary/aromatic N) is 2. The van der Waals surface area contributed by atoms with Crippen LogP contribution in [0.3, 0.4) is 0 Å². The summed E-state index contributed by atoms with van der Waals surface area (Å²) in [5.41, 5.74) is -0.509. The molecule has 98 valence electrons. The van der Waals surface area contributed by atoms with E-state index in [1.54, 1.807) is 14.1 Å². The fraction of sp³-hybridized carbons (Fsp3) is 0.545. The Labute approximate surface area is 104 Å². The highest BCUT2D eigenvalue weighted by molar-refractivity contribution is 5.85.